The molecule has 1 aliphatic carbocycles. The van der Waals surface area contributed by atoms with Crippen molar-refractivity contribution in [3.63, 3.8) is 0 Å². The first-order chi connectivity index (χ1) is 12.9. The molecule has 0 amide bonds. The van der Waals surface area contributed by atoms with Gasteiger partial charge in [0.25, 0.3) is 10.0 Å². The Balaban J connectivity index is 1.63. The van der Waals surface area contributed by atoms with Crippen molar-refractivity contribution in [3.8, 4) is 0 Å². The molecule has 148 valence electrons. The highest BCUT2D eigenvalue weighted by atomic mass is 32.2. The molecular formula is C20H27FN2O2S2. The first kappa shape index (κ1) is 20.3. The van der Waals surface area contributed by atoms with Crippen LogP contribution >= 0.6 is 11.3 Å². The lowest BCUT2D eigenvalue weighted by molar-refractivity contribution is 0.0738. The quantitative estimate of drug-likeness (QED) is 0.648. The summed E-state index contributed by atoms with van der Waals surface area (Å²) < 4.78 is 42.9. The van der Waals surface area contributed by atoms with Crippen LogP contribution in [0.4, 0.5) is 10.1 Å². The number of thiophene rings is 1. The fourth-order valence-corrected chi connectivity index (χ4v) is 5.77. The van der Waals surface area contributed by atoms with Gasteiger partial charge in [-0.25, -0.2) is 12.8 Å². The fourth-order valence-electron chi connectivity index (χ4n) is 3.68. The third kappa shape index (κ3) is 5.30. The van der Waals surface area contributed by atoms with Crippen LogP contribution in [0.3, 0.4) is 0 Å². The molecule has 1 aromatic heterocycles. The molecule has 1 heterocycles. The van der Waals surface area contributed by atoms with Crippen molar-refractivity contribution in [2.75, 3.05) is 11.3 Å². The third-order valence-electron chi connectivity index (χ3n) is 5.26. The summed E-state index contributed by atoms with van der Waals surface area (Å²) >= 11 is 1.18. The Bertz CT molecular complexity index is 829. The summed E-state index contributed by atoms with van der Waals surface area (Å²) in [5.74, 6) is 0.103. The molecule has 27 heavy (non-hydrogen) atoms. The number of benzene rings is 1. The predicted octanol–water partition coefficient (Wildman–Crippen LogP) is 4.95. The van der Waals surface area contributed by atoms with Crippen LogP contribution in [-0.4, -0.2) is 20.6 Å². The van der Waals surface area contributed by atoms with E-state index in [4.69, 9.17) is 0 Å². The monoisotopic (exact) mass is 410 g/mol. The van der Waals surface area contributed by atoms with Gasteiger partial charge in [-0.1, -0.05) is 43.5 Å². The lowest BCUT2D eigenvalue weighted by atomic mass is 9.79. The Kier molecular flexibility index (Phi) is 6.55. The maximum absolute atomic E-state index is 15.1. The van der Waals surface area contributed by atoms with Crippen LogP contribution in [0.15, 0.2) is 46.0 Å². The predicted molar refractivity (Wildman–Crippen MR) is 109 cm³/mol. The minimum absolute atomic E-state index is 0.103. The molecule has 0 bridgehead atoms. The van der Waals surface area contributed by atoms with Gasteiger partial charge < -0.3 is 5.32 Å². The minimum atomic E-state index is -3.60. The zero-order chi connectivity index (χ0) is 19.3. The molecule has 1 aliphatic rings. The number of hydrogen-bond donors (Lipinski definition) is 2. The summed E-state index contributed by atoms with van der Waals surface area (Å²) in [5.41, 5.74) is 0.0833. The normalized spacial score (nSPS) is 18.1. The van der Waals surface area contributed by atoms with Gasteiger partial charge in [-0.15, -0.1) is 11.3 Å². The smallest absolute Gasteiger partial charge is 0.271 e. The van der Waals surface area contributed by atoms with Gasteiger partial charge in [-0.3, -0.25) is 4.72 Å². The van der Waals surface area contributed by atoms with E-state index >= 15 is 4.39 Å². The molecule has 4 nitrogen and oxygen atoms in total. The number of halogens is 1. The summed E-state index contributed by atoms with van der Waals surface area (Å²) in [6.45, 7) is 2.36. The van der Waals surface area contributed by atoms with Crippen molar-refractivity contribution in [2.45, 2.75) is 55.5 Å². The van der Waals surface area contributed by atoms with Gasteiger partial charge in [0.05, 0.1) is 5.69 Å². The van der Waals surface area contributed by atoms with Crippen molar-refractivity contribution in [1.82, 2.24) is 5.32 Å². The SMILES string of the molecule is CC(F)(CNCc1ccccc1NS(=O)(=O)c1cccs1)C1CCCCC1. The van der Waals surface area contributed by atoms with Crippen LogP contribution in [0.2, 0.25) is 0 Å². The molecular weight excluding hydrogens is 383 g/mol. The number of para-hydroxylation sites is 1. The van der Waals surface area contributed by atoms with E-state index in [1.54, 1.807) is 36.6 Å². The van der Waals surface area contributed by atoms with E-state index in [-0.39, 0.29) is 16.7 Å². The van der Waals surface area contributed by atoms with E-state index in [1.807, 2.05) is 12.1 Å². The molecule has 0 aliphatic heterocycles. The lowest BCUT2D eigenvalue weighted by Crippen LogP contribution is -2.41. The van der Waals surface area contributed by atoms with Gasteiger partial charge >= 0.3 is 0 Å². The molecule has 0 saturated heterocycles. The average Bonchev–Trinajstić information content (AvgIpc) is 3.19. The van der Waals surface area contributed by atoms with Crippen molar-refractivity contribution in [2.24, 2.45) is 5.92 Å². The Morgan fingerprint density at radius 3 is 2.59 bits per heavy atom. The number of anilines is 1. The second-order valence-corrected chi connectivity index (χ2v) is 10.3. The largest absolute Gasteiger partial charge is 0.309 e. The second kappa shape index (κ2) is 8.71. The van der Waals surface area contributed by atoms with Crippen molar-refractivity contribution in [3.05, 3.63) is 47.3 Å². The minimum Gasteiger partial charge on any atom is -0.309 e. The topological polar surface area (TPSA) is 58.2 Å². The average molecular weight is 411 g/mol. The van der Waals surface area contributed by atoms with Crippen LogP contribution in [0.25, 0.3) is 0 Å². The molecule has 1 saturated carbocycles. The first-order valence-corrected chi connectivity index (χ1v) is 11.8. The Labute approximate surface area is 165 Å². The van der Waals surface area contributed by atoms with E-state index in [9.17, 15) is 8.42 Å². The van der Waals surface area contributed by atoms with Crippen molar-refractivity contribution >= 4 is 27.0 Å². The number of hydrogen-bond acceptors (Lipinski definition) is 4. The maximum Gasteiger partial charge on any atom is 0.271 e. The Morgan fingerprint density at radius 1 is 1.15 bits per heavy atom. The van der Waals surface area contributed by atoms with Crippen molar-refractivity contribution < 1.29 is 12.8 Å². The van der Waals surface area contributed by atoms with Gasteiger partial charge in [0.2, 0.25) is 0 Å². The summed E-state index contributed by atoms with van der Waals surface area (Å²) in [6.07, 6.45) is 5.32. The highest BCUT2D eigenvalue weighted by molar-refractivity contribution is 7.94. The summed E-state index contributed by atoms with van der Waals surface area (Å²) in [6, 6.07) is 10.5. The fraction of sp³-hybridized carbons (Fsp3) is 0.500. The number of rotatable bonds is 8. The van der Waals surface area contributed by atoms with E-state index in [1.165, 1.54) is 17.8 Å². The van der Waals surface area contributed by atoms with Crippen LogP contribution < -0.4 is 10.0 Å². The number of nitrogens with one attached hydrogen (secondary N) is 2. The molecule has 0 radical (unpaired) electrons. The van der Waals surface area contributed by atoms with Crippen LogP contribution in [0, 0.1) is 5.92 Å². The van der Waals surface area contributed by atoms with Crippen LogP contribution in [0.5, 0.6) is 0 Å². The molecule has 3 rings (SSSR count). The zero-order valence-electron chi connectivity index (χ0n) is 15.6. The number of alkyl halides is 1. The van der Waals surface area contributed by atoms with Gasteiger partial charge in [-0.2, -0.15) is 0 Å². The third-order valence-corrected chi connectivity index (χ3v) is 8.03. The summed E-state index contributed by atoms with van der Waals surface area (Å²) in [7, 11) is -3.60. The van der Waals surface area contributed by atoms with E-state index in [0.29, 0.717) is 12.2 Å². The molecule has 0 spiro atoms. The molecule has 7 heteroatoms. The van der Waals surface area contributed by atoms with Gasteiger partial charge in [0, 0.05) is 13.1 Å². The lowest BCUT2D eigenvalue weighted by Gasteiger charge is -2.33. The zero-order valence-corrected chi connectivity index (χ0v) is 17.2. The Morgan fingerprint density at radius 2 is 1.89 bits per heavy atom. The van der Waals surface area contributed by atoms with E-state index < -0.39 is 15.7 Å². The Hall–Kier alpha value is -1.44. The highest BCUT2D eigenvalue weighted by Gasteiger charge is 2.34. The van der Waals surface area contributed by atoms with Gasteiger partial charge in [-0.05, 0) is 48.8 Å². The molecule has 2 N–H and O–H groups in total. The molecule has 1 atom stereocenters. The van der Waals surface area contributed by atoms with Crippen LogP contribution in [-0.2, 0) is 16.6 Å². The van der Waals surface area contributed by atoms with E-state index in [0.717, 1.165) is 31.2 Å². The summed E-state index contributed by atoms with van der Waals surface area (Å²) in [5, 5.41) is 4.92. The number of sulfonamides is 1. The van der Waals surface area contributed by atoms with E-state index in [2.05, 4.69) is 10.0 Å². The van der Waals surface area contributed by atoms with Crippen LogP contribution in [0.1, 0.15) is 44.6 Å². The molecule has 1 unspecified atom stereocenters. The molecule has 1 aromatic carbocycles. The molecule has 1 fully saturated rings. The van der Waals surface area contributed by atoms with Crippen molar-refractivity contribution in [1.29, 1.82) is 0 Å². The standard InChI is InChI=1S/C20H27FN2O2S2/c1-20(21,17-9-3-2-4-10-17)15-22-14-16-8-5-6-11-18(16)23-27(24,25)19-12-7-13-26-19/h5-8,11-13,17,22-23H,2-4,9-10,14-15H2,1H3. The van der Waals surface area contributed by atoms with Gasteiger partial charge in [0.1, 0.15) is 9.88 Å². The first-order valence-electron chi connectivity index (χ1n) is 9.42. The highest BCUT2D eigenvalue weighted by Crippen LogP contribution is 2.35. The van der Waals surface area contributed by atoms with Gasteiger partial charge in [0.15, 0.2) is 0 Å². The maximum atomic E-state index is 15.1. The second-order valence-electron chi connectivity index (χ2n) is 7.41. The molecule has 2 aromatic rings. The summed E-state index contributed by atoms with van der Waals surface area (Å²) in [4.78, 5) is 0.